The standard InChI is InChI=1S/C14H25N3O3/c1-9-10(4-3-5-11(9)15)14(19)17-6-7-20-8-12(17)13(18)16-2/h9-12H,3-8,15H2,1-2H3,(H,16,18). The molecule has 114 valence electrons. The SMILES string of the molecule is CNC(=O)C1COCCN1C(=O)C1CCCC(N)C1C. The summed E-state index contributed by atoms with van der Waals surface area (Å²) < 4.78 is 5.34. The van der Waals surface area contributed by atoms with Crippen LogP contribution in [0.1, 0.15) is 26.2 Å². The molecule has 20 heavy (non-hydrogen) atoms. The number of ether oxygens (including phenoxy) is 1. The van der Waals surface area contributed by atoms with Crippen LogP contribution in [0, 0.1) is 11.8 Å². The molecule has 1 heterocycles. The van der Waals surface area contributed by atoms with Gasteiger partial charge in [-0.15, -0.1) is 0 Å². The van der Waals surface area contributed by atoms with E-state index in [1.165, 1.54) is 0 Å². The van der Waals surface area contributed by atoms with Crippen LogP contribution in [0.25, 0.3) is 0 Å². The minimum atomic E-state index is -0.508. The number of carbonyl (C=O) groups is 2. The number of likely N-dealkylation sites (N-methyl/N-ethyl adjacent to an activating group) is 1. The third-order valence-electron chi connectivity index (χ3n) is 4.64. The zero-order valence-corrected chi connectivity index (χ0v) is 12.3. The molecular weight excluding hydrogens is 258 g/mol. The summed E-state index contributed by atoms with van der Waals surface area (Å²) in [5, 5.41) is 2.60. The lowest BCUT2D eigenvalue weighted by atomic mass is 9.76. The van der Waals surface area contributed by atoms with Crippen molar-refractivity contribution in [2.24, 2.45) is 17.6 Å². The predicted octanol–water partition coefficient (Wildman–Crippen LogP) is -0.277. The Morgan fingerprint density at radius 2 is 2.10 bits per heavy atom. The maximum atomic E-state index is 12.8. The maximum Gasteiger partial charge on any atom is 0.244 e. The summed E-state index contributed by atoms with van der Waals surface area (Å²) in [7, 11) is 1.58. The van der Waals surface area contributed by atoms with Crippen molar-refractivity contribution < 1.29 is 14.3 Å². The fourth-order valence-electron chi connectivity index (χ4n) is 3.21. The molecule has 0 radical (unpaired) electrons. The molecule has 1 aliphatic heterocycles. The number of hydrogen-bond acceptors (Lipinski definition) is 4. The molecule has 1 saturated heterocycles. The molecule has 6 nitrogen and oxygen atoms in total. The molecule has 1 aliphatic carbocycles. The van der Waals surface area contributed by atoms with Gasteiger partial charge in [-0.05, 0) is 18.8 Å². The van der Waals surface area contributed by atoms with E-state index in [9.17, 15) is 9.59 Å². The van der Waals surface area contributed by atoms with E-state index in [2.05, 4.69) is 5.32 Å². The Balaban J connectivity index is 2.11. The quantitative estimate of drug-likeness (QED) is 0.730. The van der Waals surface area contributed by atoms with Crippen molar-refractivity contribution in [1.82, 2.24) is 10.2 Å². The highest BCUT2D eigenvalue weighted by molar-refractivity contribution is 5.89. The predicted molar refractivity (Wildman–Crippen MR) is 74.9 cm³/mol. The Hall–Kier alpha value is -1.14. The smallest absolute Gasteiger partial charge is 0.244 e. The van der Waals surface area contributed by atoms with Crippen molar-refractivity contribution in [2.45, 2.75) is 38.3 Å². The highest BCUT2D eigenvalue weighted by Gasteiger charge is 2.40. The van der Waals surface area contributed by atoms with Gasteiger partial charge in [-0.1, -0.05) is 13.3 Å². The Morgan fingerprint density at radius 1 is 1.35 bits per heavy atom. The van der Waals surface area contributed by atoms with Crippen LogP contribution in [0.15, 0.2) is 0 Å². The first-order valence-corrected chi connectivity index (χ1v) is 7.41. The highest BCUT2D eigenvalue weighted by Crippen LogP contribution is 2.31. The van der Waals surface area contributed by atoms with E-state index < -0.39 is 6.04 Å². The molecule has 0 spiro atoms. The molecule has 0 bridgehead atoms. The first kappa shape index (κ1) is 15.3. The van der Waals surface area contributed by atoms with Crippen LogP contribution in [0.4, 0.5) is 0 Å². The third-order valence-corrected chi connectivity index (χ3v) is 4.64. The largest absolute Gasteiger partial charge is 0.377 e. The lowest BCUT2D eigenvalue weighted by molar-refractivity contribution is -0.153. The number of hydrogen-bond donors (Lipinski definition) is 2. The van der Waals surface area contributed by atoms with Gasteiger partial charge in [0.15, 0.2) is 0 Å². The minimum absolute atomic E-state index is 0.0598. The Morgan fingerprint density at radius 3 is 2.80 bits per heavy atom. The van der Waals surface area contributed by atoms with Crippen molar-refractivity contribution in [2.75, 3.05) is 26.8 Å². The lowest BCUT2D eigenvalue weighted by Crippen LogP contribution is -2.58. The molecule has 6 heteroatoms. The van der Waals surface area contributed by atoms with E-state index in [0.29, 0.717) is 13.2 Å². The molecule has 4 atom stereocenters. The van der Waals surface area contributed by atoms with Gasteiger partial charge in [-0.25, -0.2) is 0 Å². The zero-order valence-electron chi connectivity index (χ0n) is 12.3. The number of amides is 2. The Labute approximate surface area is 120 Å². The molecule has 2 fully saturated rings. The van der Waals surface area contributed by atoms with E-state index in [4.69, 9.17) is 10.5 Å². The van der Waals surface area contributed by atoms with Gasteiger partial charge < -0.3 is 20.7 Å². The highest BCUT2D eigenvalue weighted by atomic mass is 16.5. The van der Waals surface area contributed by atoms with Crippen LogP contribution in [-0.2, 0) is 14.3 Å². The van der Waals surface area contributed by atoms with Crippen molar-refractivity contribution in [3.05, 3.63) is 0 Å². The molecule has 2 rings (SSSR count). The van der Waals surface area contributed by atoms with Crippen molar-refractivity contribution >= 4 is 11.8 Å². The van der Waals surface area contributed by atoms with Crippen LogP contribution in [0.3, 0.4) is 0 Å². The monoisotopic (exact) mass is 283 g/mol. The molecule has 0 aromatic carbocycles. The summed E-state index contributed by atoms with van der Waals surface area (Å²) in [5.41, 5.74) is 6.08. The van der Waals surface area contributed by atoms with E-state index in [-0.39, 0.29) is 36.3 Å². The van der Waals surface area contributed by atoms with Gasteiger partial charge in [0.1, 0.15) is 6.04 Å². The molecular formula is C14H25N3O3. The van der Waals surface area contributed by atoms with Crippen LogP contribution < -0.4 is 11.1 Å². The van der Waals surface area contributed by atoms with E-state index in [1.807, 2.05) is 6.92 Å². The molecule has 3 N–H and O–H groups in total. The fourth-order valence-corrected chi connectivity index (χ4v) is 3.21. The van der Waals surface area contributed by atoms with E-state index in [0.717, 1.165) is 19.3 Å². The van der Waals surface area contributed by atoms with Crippen molar-refractivity contribution in [1.29, 1.82) is 0 Å². The fraction of sp³-hybridized carbons (Fsp3) is 0.857. The van der Waals surface area contributed by atoms with Gasteiger partial charge in [-0.3, -0.25) is 9.59 Å². The number of carbonyl (C=O) groups excluding carboxylic acids is 2. The minimum Gasteiger partial charge on any atom is -0.377 e. The summed E-state index contributed by atoms with van der Waals surface area (Å²) in [6.45, 7) is 3.29. The molecule has 2 aliphatic rings. The maximum absolute atomic E-state index is 12.8. The van der Waals surface area contributed by atoms with Gasteiger partial charge in [0.2, 0.25) is 11.8 Å². The second-order valence-corrected chi connectivity index (χ2v) is 5.80. The normalized spacial score (nSPS) is 34.6. The average molecular weight is 283 g/mol. The van der Waals surface area contributed by atoms with Crippen LogP contribution in [0.2, 0.25) is 0 Å². The molecule has 0 aromatic heterocycles. The summed E-state index contributed by atoms with van der Waals surface area (Å²) in [5.74, 6) is 0.00352. The van der Waals surface area contributed by atoms with Gasteiger partial charge in [0.25, 0.3) is 0 Å². The summed E-state index contributed by atoms with van der Waals surface area (Å²) in [6.07, 6.45) is 2.83. The molecule has 1 saturated carbocycles. The van der Waals surface area contributed by atoms with Gasteiger partial charge in [0.05, 0.1) is 13.2 Å². The first-order valence-electron chi connectivity index (χ1n) is 7.41. The molecule has 0 aromatic rings. The second kappa shape index (κ2) is 6.54. The Bertz CT molecular complexity index is 375. The summed E-state index contributed by atoms with van der Waals surface area (Å²) >= 11 is 0. The number of rotatable bonds is 2. The van der Waals surface area contributed by atoms with E-state index in [1.54, 1.807) is 11.9 Å². The first-order chi connectivity index (χ1) is 9.56. The van der Waals surface area contributed by atoms with E-state index >= 15 is 0 Å². The molecule has 4 unspecified atom stereocenters. The van der Waals surface area contributed by atoms with Crippen LogP contribution in [0.5, 0.6) is 0 Å². The molecule has 2 amide bonds. The van der Waals surface area contributed by atoms with Gasteiger partial charge in [-0.2, -0.15) is 0 Å². The third kappa shape index (κ3) is 2.96. The summed E-state index contributed by atoms with van der Waals surface area (Å²) in [4.78, 5) is 26.4. The number of nitrogens with zero attached hydrogens (tertiary/aromatic N) is 1. The van der Waals surface area contributed by atoms with Crippen LogP contribution in [-0.4, -0.2) is 55.6 Å². The van der Waals surface area contributed by atoms with Crippen molar-refractivity contribution in [3.63, 3.8) is 0 Å². The zero-order chi connectivity index (χ0) is 14.7. The van der Waals surface area contributed by atoms with Crippen molar-refractivity contribution in [3.8, 4) is 0 Å². The number of nitrogens with two attached hydrogens (primary N) is 1. The lowest BCUT2D eigenvalue weighted by Gasteiger charge is -2.40. The average Bonchev–Trinajstić information content (AvgIpc) is 2.48. The van der Waals surface area contributed by atoms with Gasteiger partial charge in [0, 0.05) is 25.6 Å². The second-order valence-electron chi connectivity index (χ2n) is 5.80. The van der Waals surface area contributed by atoms with Gasteiger partial charge >= 0.3 is 0 Å². The Kier molecular flexibility index (Phi) is 4.99. The van der Waals surface area contributed by atoms with Crippen LogP contribution >= 0.6 is 0 Å². The topological polar surface area (TPSA) is 84.7 Å². The summed E-state index contributed by atoms with van der Waals surface area (Å²) in [6, 6.07) is -0.427. The number of morpholine rings is 1. The number of nitrogens with one attached hydrogen (secondary N) is 1.